The second-order valence-electron chi connectivity index (χ2n) is 4.02. The van der Waals surface area contributed by atoms with Crippen molar-refractivity contribution in [3.8, 4) is 5.75 Å². The summed E-state index contributed by atoms with van der Waals surface area (Å²) in [4.78, 5) is 4.14. The van der Waals surface area contributed by atoms with E-state index >= 15 is 0 Å². The maximum Gasteiger partial charge on any atom is 0.120 e. The first-order chi connectivity index (χ1) is 8.69. The van der Waals surface area contributed by atoms with Crippen molar-refractivity contribution < 1.29 is 4.74 Å². The summed E-state index contributed by atoms with van der Waals surface area (Å²) in [5, 5.41) is 0.672. The predicted molar refractivity (Wildman–Crippen MR) is 75.9 cm³/mol. The first-order valence-corrected chi connectivity index (χ1v) is 6.00. The molecule has 0 spiro atoms. The number of aryl methyl sites for hydroxylation is 1. The molecule has 0 aliphatic heterocycles. The molecule has 0 unspecified atom stereocenters. The number of methoxy groups -OCH3 is 1. The van der Waals surface area contributed by atoms with Gasteiger partial charge in [-0.2, -0.15) is 0 Å². The van der Waals surface area contributed by atoms with Crippen molar-refractivity contribution in [3.63, 3.8) is 0 Å². The maximum absolute atomic E-state index is 6.16. The van der Waals surface area contributed by atoms with E-state index in [1.807, 2.05) is 43.6 Å². The Balaban J connectivity index is 2.23. The summed E-state index contributed by atoms with van der Waals surface area (Å²) >= 11 is 6.16. The average Bonchev–Trinajstić information content (AvgIpc) is 2.37. The fourth-order valence-corrected chi connectivity index (χ4v) is 1.86. The van der Waals surface area contributed by atoms with Crippen molar-refractivity contribution in [3.05, 3.63) is 58.4 Å². The molecule has 2 nitrogen and oxygen atoms in total. The number of halogens is 1. The second kappa shape index (κ2) is 5.69. The Hall–Kier alpha value is -1.80. The van der Waals surface area contributed by atoms with Crippen LogP contribution < -0.4 is 4.74 Å². The Morgan fingerprint density at radius 3 is 2.67 bits per heavy atom. The number of nitrogens with zero attached hydrogens (tertiary/aromatic N) is 1. The zero-order chi connectivity index (χ0) is 13.0. The third kappa shape index (κ3) is 3.11. The Labute approximate surface area is 112 Å². The molecule has 0 atom stereocenters. The average molecular weight is 260 g/mol. The van der Waals surface area contributed by atoms with Crippen molar-refractivity contribution in [2.45, 2.75) is 6.92 Å². The summed E-state index contributed by atoms with van der Waals surface area (Å²) in [7, 11) is 1.62. The molecule has 0 fully saturated rings. The lowest BCUT2D eigenvalue weighted by Crippen LogP contribution is -1.83. The van der Waals surface area contributed by atoms with E-state index in [2.05, 4.69) is 11.1 Å². The van der Waals surface area contributed by atoms with E-state index in [0.29, 0.717) is 5.02 Å². The number of hydrogen-bond acceptors (Lipinski definition) is 2. The normalized spacial score (nSPS) is 10.8. The molecule has 0 N–H and O–H groups in total. The second-order valence-corrected chi connectivity index (χ2v) is 4.42. The number of pyridine rings is 1. The van der Waals surface area contributed by atoms with Gasteiger partial charge in [0.2, 0.25) is 0 Å². The van der Waals surface area contributed by atoms with Crippen molar-refractivity contribution in [2.75, 3.05) is 7.11 Å². The Morgan fingerprint density at radius 1 is 1.17 bits per heavy atom. The van der Waals surface area contributed by atoms with Crippen molar-refractivity contribution in [1.82, 2.24) is 4.98 Å². The SMILES string of the molecule is COc1ccc(C=Cc2cncc(C)c2)c(Cl)c1. The molecular formula is C15H14ClNO. The molecule has 1 heterocycles. The number of ether oxygens (including phenoxy) is 1. The van der Waals surface area contributed by atoms with E-state index in [0.717, 1.165) is 22.4 Å². The lowest BCUT2D eigenvalue weighted by Gasteiger charge is -2.02. The predicted octanol–water partition coefficient (Wildman–Crippen LogP) is 4.22. The molecule has 0 radical (unpaired) electrons. The van der Waals surface area contributed by atoms with E-state index in [1.54, 1.807) is 13.2 Å². The van der Waals surface area contributed by atoms with Gasteiger partial charge in [0.05, 0.1) is 12.1 Å². The van der Waals surface area contributed by atoms with E-state index in [1.165, 1.54) is 0 Å². The zero-order valence-corrected chi connectivity index (χ0v) is 11.1. The van der Waals surface area contributed by atoms with Gasteiger partial charge in [0, 0.05) is 12.4 Å². The van der Waals surface area contributed by atoms with Gasteiger partial charge in [-0.3, -0.25) is 4.98 Å². The lowest BCUT2D eigenvalue weighted by atomic mass is 10.1. The molecule has 1 aromatic carbocycles. The minimum Gasteiger partial charge on any atom is -0.497 e. The lowest BCUT2D eigenvalue weighted by molar-refractivity contribution is 0.415. The van der Waals surface area contributed by atoms with Crippen LogP contribution in [0.2, 0.25) is 5.02 Å². The van der Waals surface area contributed by atoms with E-state index < -0.39 is 0 Å². The van der Waals surface area contributed by atoms with Gasteiger partial charge in [-0.15, -0.1) is 0 Å². The summed E-state index contributed by atoms with van der Waals surface area (Å²) < 4.78 is 5.11. The highest BCUT2D eigenvalue weighted by atomic mass is 35.5. The van der Waals surface area contributed by atoms with Crippen LogP contribution in [0.4, 0.5) is 0 Å². The highest BCUT2D eigenvalue weighted by Gasteiger charge is 1.99. The van der Waals surface area contributed by atoms with Crippen LogP contribution in [0.15, 0.2) is 36.7 Å². The Morgan fingerprint density at radius 2 is 2.00 bits per heavy atom. The highest BCUT2D eigenvalue weighted by Crippen LogP contribution is 2.24. The van der Waals surface area contributed by atoms with Crippen LogP contribution in [-0.4, -0.2) is 12.1 Å². The molecule has 2 rings (SSSR count). The van der Waals surface area contributed by atoms with Gasteiger partial charge in [-0.25, -0.2) is 0 Å². The van der Waals surface area contributed by atoms with Gasteiger partial charge in [0.15, 0.2) is 0 Å². The standard InChI is InChI=1S/C15H14ClNO/c1-11-7-12(10-17-9-11)3-4-13-5-6-14(18-2)8-15(13)16/h3-10H,1-2H3. The molecule has 0 aliphatic carbocycles. The van der Waals surface area contributed by atoms with Crippen molar-refractivity contribution in [1.29, 1.82) is 0 Å². The van der Waals surface area contributed by atoms with Crippen LogP contribution in [0, 0.1) is 6.92 Å². The molecule has 92 valence electrons. The quantitative estimate of drug-likeness (QED) is 0.823. The maximum atomic E-state index is 6.16. The van der Waals surface area contributed by atoms with Crippen LogP contribution in [-0.2, 0) is 0 Å². The van der Waals surface area contributed by atoms with Crippen LogP contribution in [0.5, 0.6) is 5.75 Å². The van der Waals surface area contributed by atoms with Gasteiger partial charge in [-0.05, 0) is 47.9 Å². The molecule has 3 heteroatoms. The van der Waals surface area contributed by atoms with Crippen LogP contribution >= 0.6 is 11.6 Å². The number of benzene rings is 1. The Kier molecular flexibility index (Phi) is 4.00. The molecule has 0 saturated carbocycles. The summed E-state index contributed by atoms with van der Waals surface area (Å²) in [5.41, 5.74) is 3.15. The molecule has 0 amide bonds. The van der Waals surface area contributed by atoms with E-state index in [-0.39, 0.29) is 0 Å². The van der Waals surface area contributed by atoms with Gasteiger partial charge in [0.25, 0.3) is 0 Å². The minimum atomic E-state index is 0.672. The smallest absolute Gasteiger partial charge is 0.120 e. The van der Waals surface area contributed by atoms with Gasteiger partial charge in [0.1, 0.15) is 5.75 Å². The first-order valence-electron chi connectivity index (χ1n) is 5.62. The van der Waals surface area contributed by atoms with Crippen LogP contribution in [0.1, 0.15) is 16.7 Å². The Bertz CT molecular complexity index is 578. The molecule has 0 saturated heterocycles. The topological polar surface area (TPSA) is 22.1 Å². The molecule has 1 aromatic heterocycles. The summed E-state index contributed by atoms with van der Waals surface area (Å²) in [5.74, 6) is 0.759. The minimum absolute atomic E-state index is 0.672. The van der Waals surface area contributed by atoms with Gasteiger partial charge < -0.3 is 4.74 Å². The molecule has 2 aromatic rings. The number of hydrogen-bond donors (Lipinski definition) is 0. The summed E-state index contributed by atoms with van der Waals surface area (Å²) in [6.07, 6.45) is 7.62. The molecule has 0 bridgehead atoms. The summed E-state index contributed by atoms with van der Waals surface area (Å²) in [6, 6.07) is 7.69. The van der Waals surface area contributed by atoms with Crippen LogP contribution in [0.3, 0.4) is 0 Å². The van der Waals surface area contributed by atoms with Crippen molar-refractivity contribution >= 4 is 23.8 Å². The van der Waals surface area contributed by atoms with Crippen molar-refractivity contribution in [2.24, 2.45) is 0 Å². The number of aromatic nitrogens is 1. The molecule has 0 aliphatic rings. The fourth-order valence-electron chi connectivity index (χ4n) is 1.63. The monoisotopic (exact) mass is 259 g/mol. The van der Waals surface area contributed by atoms with Gasteiger partial charge in [-0.1, -0.05) is 23.8 Å². The molecular weight excluding hydrogens is 246 g/mol. The summed E-state index contributed by atoms with van der Waals surface area (Å²) in [6.45, 7) is 2.02. The largest absolute Gasteiger partial charge is 0.497 e. The zero-order valence-electron chi connectivity index (χ0n) is 10.4. The first kappa shape index (κ1) is 12.7. The van der Waals surface area contributed by atoms with Gasteiger partial charge >= 0.3 is 0 Å². The van der Waals surface area contributed by atoms with E-state index in [9.17, 15) is 0 Å². The molecule has 18 heavy (non-hydrogen) atoms. The highest BCUT2D eigenvalue weighted by molar-refractivity contribution is 6.32. The van der Waals surface area contributed by atoms with Crippen LogP contribution in [0.25, 0.3) is 12.2 Å². The van der Waals surface area contributed by atoms with E-state index in [4.69, 9.17) is 16.3 Å². The third-order valence-corrected chi connectivity index (χ3v) is 2.89. The fraction of sp³-hybridized carbons (Fsp3) is 0.133. The number of rotatable bonds is 3. The third-order valence-electron chi connectivity index (χ3n) is 2.56.